The third-order valence-corrected chi connectivity index (χ3v) is 3.27. The van der Waals surface area contributed by atoms with Gasteiger partial charge in [0.15, 0.2) is 3.95 Å². The summed E-state index contributed by atoms with van der Waals surface area (Å²) in [7, 11) is 1.76. The Labute approximate surface area is 83.3 Å². The predicted octanol–water partition coefficient (Wildman–Crippen LogP) is 2.58. The lowest BCUT2D eigenvalue weighted by Crippen LogP contribution is -1.96. The highest BCUT2D eigenvalue weighted by atomic mass is 32.1. The first-order valence-corrected chi connectivity index (χ1v) is 4.56. The molecule has 0 aliphatic heterocycles. The minimum Gasteiger partial charge on any atom is -0.330 e. The second-order valence-electron chi connectivity index (χ2n) is 2.34. The number of nitrogens with zero attached hydrogens (tertiary/aromatic N) is 4. The number of rotatable bonds is 1. The lowest BCUT2D eigenvalue weighted by molar-refractivity contribution is 0.100. The fourth-order valence-corrected chi connectivity index (χ4v) is 2.05. The fourth-order valence-electron chi connectivity index (χ4n) is 0.803. The largest absolute Gasteiger partial charge is 0.330 e. The maximum atomic E-state index is 11.2. The Kier molecular flexibility index (Phi) is 2.82. The van der Waals surface area contributed by atoms with Crippen LogP contribution in [-0.4, -0.2) is 10.5 Å². The van der Waals surface area contributed by atoms with Crippen LogP contribution >= 0.6 is 23.6 Å². The average molecular weight is 214 g/mol. The van der Waals surface area contributed by atoms with Crippen molar-refractivity contribution < 1.29 is 4.79 Å². The van der Waals surface area contributed by atoms with Crippen molar-refractivity contribution in [1.82, 2.24) is 4.57 Å². The van der Waals surface area contributed by atoms with Gasteiger partial charge in [-0.1, -0.05) is 0 Å². The van der Waals surface area contributed by atoms with Crippen LogP contribution in [0, 0.1) is 10.9 Å². The molecule has 7 heteroatoms. The van der Waals surface area contributed by atoms with E-state index >= 15 is 0 Å². The van der Waals surface area contributed by atoms with E-state index in [4.69, 9.17) is 17.7 Å². The van der Waals surface area contributed by atoms with Gasteiger partial charge >= 0.3 is 0 Å². The average Bonchev–Trinajstić information content (AvgIpc) is 2.33. The molecule has 1 rings (SSSR count). The van der Waals surface area contributed by atoms with Crippen LogP contribution in [0.15, 0.2) is 5.11 Å². The summed E-state index contributed by atoms with van der Waals surface area (Å²) < 4.78 is 2.30. The lowest BCUT2D eigenvalue weighted by atomic mass is 10.4. The highest BCUT2D eigenvalue weighted by Crippen LogP contribution is 2.18. The van der Waals surface area contributed by atoms with E-state index in [1.165, 1.54) is 0 Å². The number of amides is 1. The highest BCUT2D eigenvalue weighted by molar-refractivity contribution is 7.73. The number of hydrogen-bond donors (Lipinski definition) is 0. The summed E-state index contributed by atoms with van der Waals surface area (Å²) in [5.74, 6) is -0.572. The molecular weight excluding hydrogens is 208 g/mol. The second kappa shape index (κ2) is 3.69. The monoisotopic (exact) mass is 214 g/mol. The molecular formula is C6H6N4OS2. The Balaban J connectivity index is 3.31. The van der Waals surface area contributed by atoms with Crippen LogP contribution < -0.4 is 0 Å². The van der Waals surface area contributed by atoms with Crippen molar-refractivity contribution in [2.24, 2.45) is 12.2 Å². The number of carbonyl (C=O) groups excluding carboxylic acids is 1. The van der Waals surface area contributed by atoms with Crippen LogP contribution in [0.25, 0.3) is 10.4 Å². The van der Waals surface area contributed by atoms with Crippen LogP contribution in [0.5, 0.6) is 0 Å². The van der Waals surface area contributed by atoms with Gasteiger partial charge in [-0.3, -0.25) is 4.79 Å². The van der Waals surface area contributed by atoms with Crippen LogP contribution in [0.2, 0.25) is 0 Å². The Morgan fingerprint density at radius 1 is 1.77 bits per heavy atom. The zero-order valence-electron chi connectivity index (χ0n) is 7.01. The molecule has 0 bridgehead atoms. The molecule has 0 atom stereocenters. The van der Waals surface area contributed by atoms with Crippen molar-refractivity contribution in [2.45, 2.75) is 6.92 Å². The van der Waals surface area contributed by atoms with Crippen LogP contribution in [0.1, 0.15) is 15.4 Å². The van der Waals surface area contributed by atoms with Gasteiger partial charge in [0.25, 0.3) is 5.91 Å². The molecule has 1 aromatic heterocycles. The number of thiazole rings is 1. The van der Waals surface area contributed by atoms with Crippen LogP contribution in [-0.2, 0) is 7.05 Å². The zero-order valence-corrected chi connectivity index (χ0v) is 8.65. The van der Waals surface area contributed by atoms with Crippen molar-refractivity contribution in [3.05, 3.63) is 25.0 Å². The van der Waals surface area contributed by atoms with E-state index in [-0.39, 0.29) is 0 Å². The topological polar surface area (TPSA) is 70.8 Å². The summed E-state index contributed by atoms with van der Waals surface area (Å²) in [5.41, 5.74) is 8.80. The van der Waals surface area contributed by atoms with Gasteiger partial charge in [-0.2, -0.15) is 0 Å². The molecule has 0 aliphatic carbocycles. The lowest BCUT2D eigenvalue weighted by Gasteiger charge is -1.94. The van der Waals surface area contributed by atoms with Gasteiger partial charge in [-0.15, -0.1) is 11.3 Å². The number of azide groups is 1. The molecule has 0 saturated heterocycles. The van der Waals surface area contributed by atoms with Crippen molar-refractivity contribution in [3.8, 4) is 0 Å². The molecule has 0 N–H and O–H groups in total. The predicted molar refractivity (Wildman–Crippen MR) is 52.3 cm³/mol. The molecule has 0 unspecified atom stereocenters. The smallest absolute Gasteiger partial charge is 0.260 e. The van der Waals surface area contributed by atoms with Crippen LogP contribution in [0.3, 0.4) is 0 Å². The van der Waals surface area contributed by atoms with E-state index in [9.17, 15) is 4.79 Å². The van der Waals surface area contributed by atoms with Gasteiger partial charge in [0.1, 0.15) is 0 Å². The first-order chi connectivity index (χ1) is 6.07. The Hall–Kier alpha value is -1.17. The summed E-state index contributed by atoms with van der Waals surface area (Å²) >= 11 is 6.11. The van der Waals surface area contributed by atoms with Gasteiger partial charge in [0.05, 0.1) is 4.88 Å². The van der Waals surface area contributed by atoms with Crippen molar-refractivity contribution in [3.63, 3.8) is 0 Å². The molecule has 1 amide bonds. The summed E-state index contributed by atoms with van der Waals surface area (Å²) in [6.07, 6.45) is 0. The van der Waals surface area contributed by atoms with Crippen molar-refractivity contribution in [2.75, 3.05) is 0 Å². The molecule has 0 fully saturated rings. The van der Waals surface area contributed by atoms with E-state index < -0.39 is 5.91 Å². The minimum atomic E-state index is -0.572. The zero-order chi connectivity index (χ0) is 10.0. The molecule has 68 valence electrons. The third-order valence-electron chi connectivity index (χ3n) is 1.62. The molecule has 0 spiro atoms. The third kappa shape index (κ3) is 1.77. The van der Waals surface area contributed by atoms with Gasteiger partial charge in [-0.25, -0.2) is 0 Å². The van der Waals surface area contributed by atoms with E-state index in [1.54, 1.807) is 18.5 Å². The van der Waals surface area contributed by atoms with E-state index in [0.717, 1.165) is 17.0 Å². The molecule has 0 saturated carbocycles. The number of aromatic nitrogens is 1. The first kappa shape index (κ1) is 9.91. The summed E-state index contributed by atoms with van der Waals surface area (Å²) in [6, 6.07) is 0. The normalized spacial score (nSPS) is 9.38. The molecule has 1 heterocycles. The van der Waals surface area contributed by atoms with Crippen LogP contribution in [0.4, 0.5) is 0 Å². The molecule has 0 aromatic carbocycles. The summed E-state index contributed by atoms with van der Waals surface area (Å²) in [6.45, 7) is 1.76. The van der Waals surface area contributed by atoms with E-state index in [0.29, 0.717) is 8.83 Å². The maximum absolute atomic E-state index is 11.2. The van der Waals surface area contributed by atoms with E-state index in [2.05, 4.69) is 10.0 Å². The van der Waals surface area contributed by atoms with Gasteiger partial charge in [0, 0.05) is 17.7 Å². The minimum absolute atomic E-state index is 0.408. The van der Waals surface area contributed by atoms with Crippen molar-refractivity contribution >= 4 is 29.5 Å². The SMILES string of the molecule is Cc1c(C(=O)N=[N+]=[N-])sc(=S)n1C. The molecule has 1 aromatic rings. The van der Waals surface area contributed by atoms with Crippen molar-refractivity contribution in [1.29, 1.82) is 0 Å². The quantitative estimate of drug-likeness (QED) is 0.312. The van der Waals surface area contributed by atoms with Gasteiger partial charge < -0.3 is 4.57 Å². The van der Waals surface area contributed by atoms with E-state index in [1.807, 2.05) is 0 Å². The van der Waals surface area contributed by atoms with Gasteiger partial charge in [0.2, 0.25) is 0 Å². The molecule has 0 radical (unpaired) electrons. The Morgan fingerprint density at radius 3 is 2.77 bits per heavy atom. The molecule has 13 heavy (non-hydrogen) atoms. The standard InChI is InChI=1S/C6H6N4OS2/c1-3-4(5(11)8-9-7)13-6(12)10(3)2/h1-2H3. The van der Waals surface area contributed by atoms with Gasteiger partial charge in [-0.05, 0) is 29.8 Å². The molecule has 0 aliphatic rings. The fraction of sp³-hybridized carbons (Fsp3) is 0.333. The summed E-state index contributed by atoms with van der Waals surface area (Å²) in [5, 5.41) is 3.00. The number of hydrogen-bond acceptors (Lipinski definition) is 3. The maximum Gasteiger partial charge on any atom is 0.260 e. The Bertz CT molecular complexity index is 452. The summed E-state index contributed by atoms with van der Waals surface area (Å²) in [4.78, 5) is 14.0. The Morgan fingerprint density at radius 2 is 2.38 bits per heavy atom. The number of carbonyl (C=O) groups is 1. The second-order valence-corrected chi connectivity index (χ2v) is 3.98. The highest BCUT2D eigenvalue weighted by Gasteiger charge is 2.12. The first-order valence-electron chi connectivity index (χ1n) is 3.33. The molecule has 5 nitrogen and oxygen atoms in total.